The van der Waals surface area contributed by atoms with Gasteiger partial charge in [-0.1, -0.05) is 12.1 Å². The van der Waals surface area contributed by atoms with Crippen molar-refractivity contribution >= 4 is 27.1 Å². The molecule has 1 atom stereocenters. The Bertz CT molecular complexity index is 1090. The van der Waals surface area contributed by atoms with Crippen molar-refractivity contribution in [1.82, 2.24) is 5.32 Å². The van der Waals surface area contributed by atoms with E-state index in [0.717, 1.165) is 11.1 Å². The summed E-state index contributed by atoms with van der Waals surface area (Å²) in [5.74, 6) is 0.291. The summed E-state index contributed by atoms with van der Waals surface area (Å²) in [6, 6.07) is 15.3. The molecule has 0 spiro atoms. The van der Waals surface area contributed by atoms with E-state index in [2.05, 4.69) is 5.32 Å². The van der Waals surface area contributed by atoms with Gasteiger partial charge in [0, 0.05) is 17.0 Å². The number of carbonyl (C=O) groups excluding carboxylic acids is 1. The molecule has 29 heavy (non-hydrogen) atoms. The van der Waals surface area contributed by atoms with Crippen molar-refractivity contribution in [2.75, 3.05) is 13.7 Å². The topological polar surface area (TPSA) is 72.5 Å². The molecule has 0 saturated heterocycles. The molecule has 0 radical (unpaired) electrons. The minimum Gasteiger partial charge on any atom is -0.497 e. The van der Waals surface area contributed by atoms with Crippen LogP contribution in [0.4, 0.5) is 0 Å². The van der Waals surface area contributed by atoms with Gasteiger partial charge in [0.25, 0.3) is 5.91 Å². The Morgan fingerprint density at radius 3 is 2.38 bits per heavy atom. The van der Waals surface area contributed by atoms with E-state index in [9.17, 15) is 13.2 Å². The van der Waals surface area contributed by atoms with Gasteiger partial charge in [0.2, 0.25) is 0 Å². The Kier molecular flexibility index (Phi) is 6.39. The first kappa shape index (κ1) is 21.1. The fraction of sp³-hybridized carbons (Fsp3) is 0.227. The van der Waals surface area contributed by atoms with Crippen molar-refractivity contribution in [3.63, 3.8) is 0 Å². The first-order chi connectivity index (χ1) is 13.8. The van der Waals surface area contributed by atoms with E-state index in [1.54, 1.807) is 24.3 Å². The maximum absolute atomic E-state index is 13.3. The largest absolute Gasteiger partial charge is 0.497 e. The van der Waals surface area contributed by atoms with Gasteiger partial charge < -0.3 is 10.1 Å². The highest BCUT2D eigenvalue weighted by Gasteiger charge is 2.30. The number of ether oxygens (including phenoxy) is 1. The molecule has 7 heteroatoms. The highest BCUT2D eigenvalue weighted by molar-refractivity contribution is 7.91. The number of nitrogens with one attached hydrogen (secondary N) is 1. The highest BCUT2D eigenvalue weighted by Crippen LogP contribution is 2.32. The number of thiophene rings is 1. The zero-order valence-corrected chi connectivity index (χ0v) is 18.1. The summed E-state index contributed by atoms with van der Waals surface area (Å²) in [5, 5.41) is 3.76. The Hall–Kier alpha value is -2.64. The molecule has 0 aliphatic heterocycles. The monoisotopic (exact) mass is 429 g/mol. The molecule has 0 bridgehead atoms. The molecule has 0 aliphatic carbocycles. The van der Waals surface area contributed by atoms with Gasteiger partial charge in [0.15, 0.2) is 9.84 Å². The number of hydrogen-bond donors (Lipinski definition) is 1. The van der Waals surface area contributed by atoms with Gasteiger partial charge in [-0.15, -0.1) is 11.3 Å². The summed E-state index contributed by atoms with van der Waals surface area (Å²) in [5.41, 5.74) is 2.62. The van der Waals surface area contributed by atoms with Gasteiger partial charge in [0.05, 0.1) is 12.0 Å². The van der Waals surface area contributed by atoms with Crippen molar-refractivity contribution in [1.29, 1.82) is 0 Å². The van der Waals surface area contributed by atoms with Crippen LogP contribution in [0.1, 0.15) is 31.6 Å². The van der Waals surface area contributed by atoms with Gasteiger partial charge in [-0.2, -0.15) is 0 Å². The molecule has 152 valence electrons. The second-order valence-corrected chi connectivity index (χ2v) is 9.84. The molecule has 3 aromatic rings. The van der Waals surface area contributed by atoms with Crippen LogP contribution in [0.5, 0.6) is 5.75 Å². The number of methoxy groups -OCH3 is 1. The number of aryl methyl sites for hydroxylation is 2. The predicted octanol–water partition coefficient (Wildman–Crippen LogP) is 4.32. The molecular formula is C22H23NO4S2. The molecule has 1 heterocycles. The van der Waals surface area contributed by atoms with Gasteiger partial charge in [0.1, 0.15) is 11.0 Å². The van der Waals surface area contributed by atoms with Crippen LogP contribution in [0, 0.1) is 13.8 Å². The molecule has 3 rings (SSSR count). The average molecular weight is 430 g/mol. The molecule has 0 aliphatic rings. The zero-order valence-electron chi connectivity index (χ0n) is 16.5. The minimum absolute atomic E-state index is 0.0133. The van der Waals surface area contributed by atoms with Crippen LogP contribution in [0.2, 0.25) is 0 Å². The number of hydrogen-bond acceptors (Lipinski definition) is 5. The molecule has 1 N–H and O–H groups in total. The number of carbonyl (C=O) groups is 1. The Morgan fingerprint density at radius 2 is 1.79 bits per heavy atom. The minimum atomic E-state index is -3.70. The molecule has 1 amide bonds. The van der Waals surface area contributed by atoms with E-state index < -0.39 is 15.1 Å². The van der Waals surface area contributed by atoms with Gasteiger partial charge >= 0.3 is 0 Å². The average Bonchev–Trinajstić information content (AvgIpc) is 3.24. The first-order valence-electron chi connectivity index (χ1n) is 9.09. The number of rotatable bonds is 7. The zero-order chi connectivity index (χ0) is 21.0. The summed E-state index contributed by atoms with van der Waals surface area (Å²) < 4.78 is 31.7. The quantitative estimate of drug-likeness (QED) is 0.607. The fourth-order valence-corrected chi connectivity index (χ4v) is 5.72. The number of benzene rings is 2. The van der Waals surface area contributed by atoms with Crippen LogP contribution in [-0.2, 0) is 9.84 Å². The van der Waals surface area contributed by atoms with Crippen LogP contribution < -0.4 is 10.1 Å². The van der Waals surface area contributed by atoms with Crippen LogP contribution in [0.15, 0.2) is 64.9 Å². The van der Waals surface area contributed by atoms with E-state index in [4.69, 9.17) is 4.74 Å². The second-order valence-electron chi connectivity index (χ2n) is 6.73. The first-order valence-corrected chi connectivity index (χ1v) is 11.5. The third kappa shape index (κ3) is 4.68. The van der Waals surface area contributed by atoms with E-state index in [1.165, 1.54) is 30.6 Å². The molecule has 0 saturated carbocycles. The van der Waals surface area contributed by atoms with Gasteiger partial charge in [-0.25, -0.2) is 8.42 Å². The summed E-state index contributed by atoms with van der Waals surface area (Å²) in [4.78, 5) is 13.5. The third-order valence-corrected chi connectivity index (χ3v) is 8.07. The number of sulfone groups is 1. The van der Waals surface area contributed by atoms with Gasteiger partial charge in [-0.05, 0) is 72.8 Å². The van der Waals surface area contributed by atoms with E-state index in [0.29, 0.717) is 16.2 Å². The molecule has 5 nitrogen and oxygen atoms in total. The lowest BCUT2D eigenvalue weighted by Crippen LogP contribution is -2.31. The third-order valence-electron chi connectivity index (χ3n) is 4.84. The maximum atomic E-state index is 13.3. The Morgan fingerprint density at radius 1 is 1.07 bits per heavy atom. The van der Waals surface area contributed by atoms with Crippen molar-refractivity contribution in [2.45, 2.75) is 24.0 Å². The van der Waals surface area contributed by atoms with Crippen LogP contribution in [0.3, 0.4) is 0 Å². The summed E-state index contributed by atoms with van der Waals surface area (Å²) in [6.07, 6.45) is 0. The maximum Gasteiger partial charge on any atom is 0.251 e. The molecule has 1 unspecified atom stereocenters. The second kappa shape index (κ2) is 8.80. The molecule has 2 aromatic carbocycles. The van der Waals surface area contributed by atoms with E-state index in [1.807, 2.05) is 37.4 Å². The smallest absolute Gasteiger partial charge is 0.251 e. The summed E-state index contributed by atoms with van der Waals surface area (Å²) in [6.45, 7) is 3.90. The van der Waals surface area contributed by atoms with Crippen LogP contribution in [-0.4, -0.2) is 28.0 Å². The van der Waals surface area contributed by atoms with E-state index >= 15 is 0 Å². The Labute approximate surface area is 175 Å². The van der Waals surface area contributed by atoms with Gasteiger partial charge in [-0.3, -0.25) is 4.79 Å². The van der Waals surface area contributed by atoms with Crippen LogP contribution in [0.25, 0.3) is 0 Å². The molecule has 0 fully saturated rings. The fourth-order valence-electron chi connectivity index (χ4n) is 2.94. The lowest BCUT2D eigenvalue weighted by molar-refractivity contribution is 0.0953. The van der Waals surface area contributed by atoms with Crippen molar-refractivity contribution in [3.05, 3.63) is 81.5 Å². The predicted molar refractivity (Wildman–Crippen MR) is 115 cm³/mol. The molecular weight excluding hydrogens is 406 g/mol. The number of amides is 1. The highest BCUT2D eigenvalue weighted by atomic mass is 32.2. The summed E-state index contributed by atoms with van der Waals surface area (Å²) in [7, 11) is -2.17. The normalized spacial score (nSPS) is 12.4. The van der Waals surface area contributed by atoms with Crippen molar-refractivity contribution in [3.8, 4) is 5.75 Å². The standard InChI is InChI=1S/C22H23NO4S2/c1-15-6-7-17(13-16(15)2)22(24)23-14-21(20-5-4-12-28-20)29(25,26)19-10-8-18(27-3)9-11-19/h4-13,21H,14H2,1-3H3,(H,23,24). The Balaban J connectivity index is 1.85. The van der Waals surface area contributed by atoms with E-state index in [-0.39, 0.29) is 17.3 Å². The SMILES string of the molecule is COc1ccc(S(=O)(=O)C(CNC(=O)c2ccc(C)c(C)c2)c2cccs2)cc1. The lowest BCUT2D eigenvalue weighted by Gasteiger charge is -2.18. The summed E-state index contributed by atoms with van der Waals surface area (Å²) >= 11 is 1.36. The lowest BCUT2D eigenvalue weighted by atomic mass is 10.1. The van der Waals surface area contributed by atoms with Crippen molar-refractivity contribution < 1.29 is 17.9 Å². The molecule has 1 aromatic heterocycles. The van der Waals surface area contributed by atoms with Crippen molar-refractivity contribution in [2.24, 2.45) is 0 Å². The van der Waals surface area contributed by atoms with Crippen LogP contribution >= 0.6 is 11.3 Å².